The first-order valence-corrected chi connectivity index (χ1v) is 9.56. The molecule has 2 aliphatic heterocycles. The summed E-state index contributed by atoms with van der Waals surface area (Å²) in [5.41, 5.74) is 11.6. The van der Waals surface area contributed by atoms with Gasteiger partial charge in [-0.3, -0.25) is 4.90 Å². The van der Waals surface area contributed by atoms with E-state index >= 15 is 0 Å². The number of hydrogen-bond acceptors (Lipinski definition) is 2. The Kier molecular flexibility index (Phi) is 3.41. The number of nitrogens with zero attached hydrogens (tertiary/aromatic N) is 1. The molecule has 0 saturated carbocycles. The smallest absolute Gasteiger partial charge is 0.0499 e. The summed E-state index contributed by atoms with van der Waals surface area (Å²) in [5, 5.41) is 3.64. The number of fused-ring (bicyclic) bond motifs is 3. The van der Waals surface area contributed by atoms with Gasteiger partial charge in [-0.15, -0.1) is 0 Å². The summed E-state index contributed by atoms with van der Waals surface area (Å²) in [6, 6.07) is 7.14. The Morgan fingerprint density at radius 2 is 1.75 bits per heavy atom. The molecule has 4 aliphatic rings. The molecule has 1 fully saturated rings. The summed E-state index contributed by atoms with van der Waals surface area (Å²) in [6.45, 7) is 7.96. The first-order chi connectivity index (χ1) is 11.8. The summed E-state index contributed by atoms with van der Waals surface area (Å²) >= 11 is 0. The summed E-state index contributed by atoms with van der Waals surface area (Å²) in [6.07, 6.45) is 8.93. The highest BCUT2D eigenvalue weighted by atomic mass is 15.1. The van der Waals surface area contributed by atoms with E-state index in [1.54, 1.807) is 11.1 Å². The van der Waals surface area contributed by atoms with Gasteiger partial charge in [0.2, 0.25) is 0 Å². The van der Waals surface area contributed by atoms with Crippen LogP contribution >= 0.6 is 0 Å². The van der Waals surface area contributed by atoms with Crippen LogP contribution < -0.4 is 5.32 Å². The van der Waals surface area contributed by atoms with E-state index in [1.165, 1.54) is 79.6 Å². The zero-order valence-corrected chi connectivity index (χ0v) is 14.5. The summed E-state index contributed by atoms with van der Waals surface area (Å²) in [4.78, 5) is 2.59. The molecule has 5 rings (SSSR count). The maximum atomic E-state index is 4.31. The lowest BCUT2D eigenvalue weighted by molar-refractivity contribution is 0.331. The highest BCUT2D eigenvalue weighted by Gasteiger charge is 2.31. The molecule has 0 bridgehead atoms. The summed E-state index contributed by atoms with van der Waals surface area (Å²) in [7, 11) is 0. The van der Waals surface area contributed by atoms with Crippen molar-refractivity contribution in [2.75, 3.05) is 13.1 Å². The second kappa shape index (κ2) is 5.63. The Bertz CT molecular complexity index is 775. The monoisotopic (exact) mass is 318 g/mol. The quantitative estimate of drug-likeness (QED) is 0.861. The highest BCUT2D eigenvalue weighted by molar-refractivity contribution is 5.83. The van der Waals surface area contributed by atoms with Crippen LogP contribution in [-0.2, 0) is 13.0 Å². The number of benzene rings is 1. The predicted molar refractivity (Wildman–Crippen MR) is 99.3 cm³/mol. The first-order valence-electron chi connectivity index (χ1n) is 9.56. The van der Waals surface area contributed by atoms with Gasteiger partial charge in [0.1, 0.15) is 0 Å². The second-order valence-electron chi connectivity index (χ2n) is 7.77. The van der Waals surface area contributed by atoms with Gasteiger partial charge in [-0.1, -0.05) is 24.8 Å². The fraction of sp³-hybridized carbons (Fsp3) is 0.455. The number of nitrogens with one attached hydrogen (secondary N) is 1. The van der Waals surface area contributed by atoms with Crippen LogP contribution in [-0.4, -0.2) is 18.0 Å². The number of rotatable bonds is 2. The molecule has 0 radical (unpaired) electrons. The molecule has 124 valence electrons. The predicted octanol–water partition coefficient (Wildman–Crippen LogP) is 4.54. The highest BCUT2D eigenvalue weighted by Crippen LogP contribution is 2.45. The summed E-state index contributed by atoms with van der Waals surface area (Å²) < 4.78 is 0. The SMILES string of the molecule is C=C1NC2=C(Cc3cc(CN4CCCC4)ccc32)C2=C1CCCC2. The maximum Gasteiger partial charge on any atom is 0.0499 e. The lowest BCUT2D eigenvalue weighted by Crippen LogP contribution is -2.21. The third-order valence-electron chi connectivity index (χ3n) is 6.19. The minimum atomic E-state index is 1.11. The largest absolute Gasteiger partial charge is 0.355 e. The van der Waals surface area contributed by atoms with Crippen molar-refractivity contribution in [2.45, 2.75) is 51.5 Å². The number of hydrogen-bond donors (Lipinski definition) is 1. The fourth-order valence-electron chi connectivity index (χ4n) is 4.97. The Balaban J connectivity index is 1.46. The Morgan fingerprint density at radius 1 is 0.958 bits per heavy atom. The molecular formula is C22H26N2. The molecule has 0 aromatic heterocycles. The maximum absolute atomic E-state index is 4.31. The number of allylic oxidation sites excluding steroid dienone is 3. The van der Waals surface area contributed by atoms with Crippen LogP contribution in [0.25, 0.3) is 5.70 Å². The lowest BCUT2D eigenvalue weighted by atomic mass is 9.83. The van der Waals surface area contributed by atoms with E-state index < -0.39 is 0 Å². The number of dihydropyridines is 1. The molecule has 2 heterocycles. The molecule has 2 aliphatic carbocycles. The first kappa shape index (κ1) is 14.5. The fourth-order valence-corrected chi connectivity index (χ4v) is 4.97. The van der Waals surface area contributed by atoms with Gasteiger partial charge < -0.3 is 5.32 Å². The van der Waals surface area contributed by atoms with Crippen LogP contribution in [0, 0.1) is 0 Å². The Hall–Kier alpha value is -1.80. The zero-order valence-electron chi connectivity index (χ0n) is 14.5. The van der Waals surface area contributed by atoms with Crippen molar-refractivity contribution in [1.82, 2.24) is 10.2 Å². The van der Waals surface area contributed by atoms with E-state index in [4.69, 9.17) is 0 Å². The zero-order chi connectivity index (χ0) is 16.1. The molecule has 0 atom stereocenters. The molecule has 0 unspecified atom stereocenters. The van der Waals surface area contributed by atoms with Crippen LogP contribution in [0.1, 0.15) is 55.2 Å². The Labute approximate surface area is 144 Å². The van der Waals surface area contributed by atoms with Crippen molar-refractivity contribution in [1.29, 1.82) is 0 Å². The van der Waals surface area contributed by atoms with Crippen molar-refractivity contribution in [2.24, 2.45) is 0 Å². The van der Waals surface area contributed by atoms with Crippen LogP contribution in [0.2, 0.25) is 0 Å². The molecule has 2 heteroatoms. The summed E-state index contributed by atoms with van der Waals surface area (Å²) in [5.74, 6) is 0. The van der Waals surface area contributed by atoms with Gasteiger partial charge in [-0.25, -0.2) is 0 Å². The lowest BCUT2D eigenvalue weighted by Gasteiger charge is -2.29. The van der Waals surface area contributed by atoms with E-state index in [-0.39, 0.29) is 0 Å². The Morgan fingerprint density at radius 3 is 2.58 bits per heavy atom. The van der Waals surface area contributed by atoms with E-state index in [1.807, 2.05) is 0 Å². The van der Waals surface area contributed by atoms with Gasteiger partial charge in [-0.2, -0.15) is 0 Å². The molecule has 1 aromatic carbocycles. The molecule has 1 aromatic rings. The molecular weight excluding hydrogens is 292 g/mol. The van der Waals surface area contributed by atoms with Crippen LogP contribution in [0.4, 0.5) is 0 Å². The third kappa shape index (κ3) is 2.28. The van der Waals surface area contributed by atoms with Crippen molar-refractivity contribution in [3.05, 3.63) is 63.9 Å². The van der Waals surface area contributed by atoms with E-state index in [2.05, 4.69) is 35.0 Å². The van der Waals surface area contributed by atoms with Gasteiger partial charge >= 0.3 is 0 Å². The van der Waals surface area contributed by atoms with Gasteiger partial charge in [0.15, 0.2) is 0 Å². The standard InChI is InChI=1S/C22H26N2/c1-15-18-6-2-3-7-20(18)21-13-17-12-16(14-24-10-4-5-11-24)8-9-19(17)22(21)23-15/h8-9,12,23H,1-7,10-11,13-14H2. The number of likely N-dealkylation sites (tertiary alicyclic amines) is 1. The van der Waals surface area contributed by atoms with Crippen LogP contribution in [0.15, 0.2) is 47.2 Å². The van der Waals surface area contributed by atoms with E-state index in [0.717, 1.165) is 18.7 Å². The van der Waals surface area contributed by atoms with Gasteiger partial charge in [0.25, 0.3) is 0 Å². The molecule has 2 nitrogen and oxygen atoms in total. The van der Waals surface area contributed by atoms with E-state index in [0.29, 0.717) is 0 Å². The van der Waals surface area contributed by atoms with Gasteiger partial charge in [0.05, 0.1) is 0 Å². The van der Waals surface area contributed by atoms with Gasteiger partial charge in [0, 0.05) is 29.9 Å². The molecule has 24 heavy (non-hydrogen) atoms. The van der Waals surface area contributed by atoms with Crippen LogP contribution in [0.5, 0.6) is 0 Å². The molecule has 1 N–H and O–H groups in total. The average Bonchev–Trinajstić information content (AvgIpc) is 3.23. The van der Waals surface area contributed by atoms with Gasteiger partial charge in [-0.05, 0) is 79.5 Å². The normalized spacial score (nSPS) is 23.2. The third-order valence-corrected chi connectivity index (χ3v) is 6.19. The minimum Gasteiger partial charge on any atom is -0.355 e. The van der Waals surface area contributed by atoms with E-state index in [9.17, 15) is 0 Å². The topological polar surface area (TPSA) is 15.3 Å². The van der Waals surface area contributed by atoms with Crippen molar-refractivity contribution >= 4 is 5.70 Å². The molecule has 0 amide bonds. The minimum absolute atomic E-state index is 1.11. The average molecular weight is 318 g/mol. The van der Waals surface area contributed by atoms with Crippen molar-refractivity contribution in [3.8, 4) is 0 Å². The van der Waals surface area contributed by atoms with Crippen molar-refractivity contribution in [3.63, 3.8) is 0 Å². The van der Waals surface area contributed by atoms with Crippen molar-refractivity contribution < 1.29 is 0 Å². The van der Waals surface area contributed by atoms with Crippen LogP contribution in [0.3, 0.4) is 0 Å². The molecule has 1 saturated heterocycles. The molecule has 0 spiro atoms. The second-order valence-corrected chi connectivity index (χ2v) is 7.77.